The summed E-state index contributed by atoms with van der Waals surface area (Å²) in [6.07, 6.45) is 1.98. The Bertz CT molecular complexity index is 2610. The van der Waals surface area contributed by atoms with Gasteiger partial charge in [-0.05, 0) is 77.6 Å². The highest BCUT2D eigenvalue weighted by atomic mass is 35.5. The van der Waals surface area contributed by atoms with Gasteiger partial charge >= 0.3 is 0 Å². The number of allylic oxidation sites excluding steroid dienone is 2. The van der Waals surface area contributed by atoms with E-state index < -0.39 is 63.6 Å². The van der Waals surface area contributed by atoms with Crippen LogP contribution in [0.2, 0.25) is 10.0 Å². The van der Waals surface area contributed by atoms with Crippen LogP contribution in [0.1, 0.15) is 29.9 Å². The molecule has 0 bridgehead atoms. The lowest BCUT2D eigenvalue weighted by Crippen LogP contribution is -2.53. The number of nitrogens with zero attached hydrogens (tertiary/aromatic N) is 3. The Morgan fingerprint density at radius 2 is 1.65 bits per heavy atom. The van der Waals surface area contributed by atoms with Crippen molar-refractivity contribution in [1.82, 2.24) is 5.01 Å². The van der Waals surface area contributed by atoms with Gasteiger partial charge in [0.2, 0.25) is 11.8 Å². The van der Waals surface area contributed by atoms with E-state index in [9.17, 15) is 24.8 Å². The van der Waals surface area contributed by atoms with Crippen molar-refractivity contribution in [2.75, 3.05) is 17.4 Å². The Morgan fingerprint density at radius 3 is 2.39 bits per heavy atom. The number of phenolic OH excluding ortho intramolecular Hbond substituents is 1. The van der Waals surface area contributed by atoms with E-state index in [0.717, 1.165) is 15.3 Å². The van der Waals surface area contributed by atoms with E-state index in [1.165, 1.54) is 37.4 Å². The number of carbonyl (C=O) groups excluding carboxylic acids is 4. The van der Waals surface area contributed by atoms with Gasteiger partial charge in [-0.25, -0.2) is 4.90 Å². The first-order valence-electron chi connectivity index (χ1n) is 18.2. The Labute approximate surface area is 335 Å². The van der Waals surface area contributed by atoms with Gasteiger partial charge in [-0.2, -0.15) is 5.01 Å². The van der Waals surface area contributed by atoms with Gasteiger partial charge in [0.15, 0.2) is 0 Å². The topological polar surface area (TPSA) is 159 Å². The molecule has 2 aliphatic heterocycles. The SMILES string of the molecule is COc1ccc([C@@]23C(=O)N(Nc4ccc(Cl)cc4Cl)C(=O)[C@@H]2C[C@@H]2C(=CC[C@@H]4C(=O)N(c5cccc([N+](=O)[O-])c5)C(=O)[C@@H]42)[C@@H]3c2c(O)ccc3ccccc23)cc1. The largest absolute Gasteiger partial charge is 0.508 e. The van der Waals surface area contributed by atoms with E-state index in [0.29, 0.717) is 32.9 Å². The van der Waals surface area contributed by atoms with Crippen molar-refractivity contribution in [1.29, 1.82) is 0 Å². The molecule has 2 heterocycles. The number of fused-ring (bicyclic) bond motifs is 5. The van der Waals surface area contributed by atoms with Crippen molar-refractivity contribution in [3.8, 4) is 11.5 Å². The summed E-state index contributed by atoms with van der Waals surface area (Å²) in [6.45, 7) is 0. The highest BCUT2D eigenvalue weighted by molar-refractivity contribution is 6.36. The standard InChI is InChI=1S/C43H32Cl2N4O8/c1-57-27-13-10-23(11-14-27)43-32(40(52)48(42(43)54)46-34-17-12-24(44)19-33(34)45)21-31-29(38(43)37-28-8-3-2-5-22(28)9-18-35(37)50)15-16-30-36(31)41(53)47(39(30)51)25-6-4-7-26(20-25)49(55)56/h2-15,17-20,30-32,36,38,46,50H,16,21H2,1H3/t30-,31+,32-,36-,38+,43+/m0/s1. The number of nitrogens with one attached hydrogen (secondary N) is 1. The molecule has 57 heavy (non-hydrogen) atoms. The minimum absolute atomic E-state index is 0.0139. The molecule has 9 rings (SSSR count). The van der Waals surface area contributed by atoms with Crippen LogP contribution in [0.4, 0.5) is 17.1 Å². The molecular weight excluding hydrogens is 771 g/mol. The number of ether oxygens (including phenoxy) is 1. The second-order valence-electron chi connectivity index (χ2n) is 14.7. The molecule has 0 radical (unpaired) electrons. The van der Waals surface area contributed by atoms with E-state index >= 15 is 9.59 Å². The number of anilines is 2. The van der Waals surface area contributed by atoms with Gasteiger partial charge in [0.1, 0.15) is 11.5 Å². The molecule has 286 valence electrons. The van der Waals surface area contributed by atoms with Gasteiger partial charge in [0, 0.05) is 28.6 Å². The molecule has 4 amide bonds. The number of rotatable bonds is 7. The first-order chi connectivity index (χ1) is 27.4. The summed E-state index contributed by atoms with van der Waals surface area (Å²) in [5.41, 5.74) is 2.81. The maximum Gasteiger partial charge on any atom is 0.271 e. The number of non-ortho nitro benzene ring substituents is 1. The fourth-order valence-corrected chi connectivity index (χ4v) is 10.2. The Balaban J connectivity index is 1.28. The molecule has 2 aliphatic carbocycles. The van der Waals surface area contributed by atoms with Crippen LogP contribution in [0.3, 0.4) is 0 Å². The number of nitro groups is 1. The lowest BCUT2D eigenvalue weighted by atomic mass is 9.48. The lowest BCUT2D eigenvalue weighted by molar-refractivity contribution is -0.384. The zero-order chi connectivity index (χ0) is 39.9. The third-order valence-corrected chi connectivity index (χ3v) is 12.7. The molecule has 4 aliphatic rings. The maximum atomic E-state index is 15.6. The molecule has 5 aromatic rings. The zero-order valence-corrected chi connectivity index (χ0v) is 31.6. The molecular formula is C43H32Cl2N4O8. The minimum atomic E-state index is -1.70. The van der Waals surface area contributed by atoms with E-state index in [1.807, 2.05) is 30.3 Å². The predicted octanol–water partition coefficient (Wildman–Crippen LogP) is 7.96. The number of amides is 4. The normalized spacial score (nSPS) is 25.2. The van der Waals surface area contributed by atoms with E-state index in [2.05, 4.69) is 5.43 Å². The molecule has 1 saturated carbocycles. The fourth-order valence-electron chi connectivity index (χ4n) is 9.75. The number of methoxy groups -OCH3 is 1. The summed E-state index contributed by atoms with van der Waals surface area (Å²) >= 11 is 12.8. The molecule has 5 aromatic carbocycles. The van der Waals surface area contributed by atoms with Crippen molar-refractivity contribution in [2.24, 2.45) is 23.7 Å². The number of imide groups is 2. The molecule has 0 unspecified atom stereocenters. The number of nitro benzene ring substituents is 1. The third-order valence-electron chi connectivity index (χ3n) is 12.1. The Morgan fingerprint density at radius 1 is 0.877 bits per heavy atom. The van der Waals surface area contributed by atoms with Crippen molar-refractivity contribution < 1.29 is 33.9 Å². The van der Waals surface area contributed by atoms with Crippen molar-refractivity contribution >= 4 is 74.7 Å². The Hall–Kier alpha value is -6.24. The van der Waals surface area contributed by atoms with E-state index in [-0.39, 0.29) is 40.7 Å². The van der Waals surface area contributed by atoms with Crippen LogP contribution in [0.25, 0.3) is 10.8 Å². The van der Waals surface area contributed by atoms with Gasteiger partial charge < -0.3 is 9.84 Å². The molecule has 12 nitrogen and oxygen atoms in total. The molecule has 14 heteroatoms. The second kappa shape index (κ2) is 13.5. The average molecular weight is 804 g/mol. The average Bonchev–Trinajstić information content (AvgIpc) is 3.59. The summed E-state index contributed by atoms with van der Waals surface area (Å²) in [4.78, 5) is 71.7. The second-order valence-corrected chi connectivity index (χ2v) is 15.6. The molecule has 6 atom stereocenters. The number of aromatic hydroxyl groups is 1. The monoisotopic (exact) mass is 802 g/mol. The number of hydrazine groups is 1. The molecule has 2 saturated heterocycles. The van der Waals surface area contributed by atoms with Crippen molar-refractivity contribution in [3.05, 3.63) is 146 Å². The van der Waals surface area contributed by atoms with Crippen LogP contribution >= 0.6 is 23.2 Å². The number of hydrogen-bond donors (Lipinski definition) is 2. The highest BCUT2D eigenvalue weighted by Crippen LogP contribution is 2.65. The summed E-state index contributed by atoms with van der Waals surface area (Å²) < 4.78 is 5.48. The van der Waals surface area contributed by atoms with Crippen LogP contribution in [0.5, 0.6) is 11.5 Å². The van der Waals surface area contributed by atoms with Gasteiger partial charge in [-0.1, -0.05) is 83.4 Å². The first kappa shape index (κ1) is 36.4. The fraction of sp³-hybridized carbons (Fsp3) is 0.209. The van der Waals surface area contributed by atoms with E-state index in [1.54, 1.807) is 48.5 Å². The minimum Gasteiger partial charge on any atom is -0.508 e. The highest BCUT2D eigenvalue weighted by Gasteiger charge is 2.71. The van der Waals surface area contributed by atoms with Gasteiger partial charge in [0.25, 0.3) is 17.5 Å². The summed E-state index contributed by atoms with van der Waals surface area (Å²) in [5.74, 6) is -6.59. The summed E-state index contributed by atoms with van der Waals surface area (Å²) in [5, 5.41) is 26.5. The number of halogens is 2. The zero-order valence-electron chi connectivity index (χ0n) is 30.1. The molecule has 2 N–H and O–H groups in total. The summed E-state index contributed by atoms with van der Waals surface area (Å²) in [7, 11) is 1.52. The van der Waals surface area contributed by atoms with Gasteiger partial charge in [-0.15, -0.1) is 0 Å². The van der Waals surface area contributed by atoms with Gasteiger partial charge in [0.05, 0.1) is 51.6 Å². The van der Waals surface area contributed by atoms with Crippen LogP contribution in [-0.4, -0.2) is 45.8 Å². The van der Waals surface area contributed by atoms with Crippen molar-refractivity contribution in [2.45, 2.75) is 24.2 Å². The van der Waals surface area contributed by atoms with Crippen LogP contribution in [0.15, 0.2) is 115 Å². The van der Waals surface area contributed by atoms with Crippen LogP contribution < -0.4 is 15.1 Å². The lowest BCUT2D eigenvalue weighted by Gasteiger charge is -2.51. The molecule has 3 fully saturated rings. The summed E-state index contributed by atoms with van der Waals surface area (Å²) in [6, 6.07) is 27.6. The number of phenols is 1. The predicted molar refractivity (Wildman–Crippen MR) is 212 cm³/mol. The first-order valence-corrected chi connectivity index (χ1v) is 19.0. The number of hydrogen-bond acceptors (Lipinski definition) is 9. The van der Waals surface area contributed by atoms with Crippen molar-refractivity contribution in [3.63, 3.8) is 0 Å². The number of benzene rings is 5. The number of carbonyl (C=O) groups is 4. The maximum absolute atomic E-state index is 15.6. The smallest absolute Gasteiger partial charge is 0.271 e. The van der Waals surface area contributed by atoms with Crippen LogP contribution in [0, 0.1) is 33.8 Å². The van der Waals surface area contributed by atoms with Crippen LogP contribution in [-0.2, 0) is 24.6 Å². The molecule has 0 aromatic heterocycles. The third kappa shape index (κ3) is 5.34. The molecule has 0 spiro atoms. The quantitative estimate of drug-likeness (QED) is 0.0721. The van der Waals surface area contributed by atoms with E-state index in [4.69, 9.17) is 27.9 Å². The Kier molecular flexibility index (Phi) is 8.59. The van der Waals surface area contributed by atoms with Gasteiger partial charge in [-0.3, -0.25) is 34.7 Å².